The fourth-order valence-electron chi connectivity index (χ4n) is 3.83. The number of imide groups is 1. The molecule has 0 aliphatic carbocycles. The predicted molar refractivity (Wildman–Crippen MR) is 146 cm³/mol. The van der Waals surface area contributed by atoms with E-state index in [9.17, 15) is 18.8 Å². The smallest absolute Gasteiger partial charge is 0.411 e. The Morgan fingerprint density at radius 3 is 2.48 bits per heavy atom. The number of carbonyl (C=O) groups excluding carboxylic acids is 2. The molecule has 1 heterocycles. The number of hydrogen-bond donors (Lipinski definition) is 3. The second kappa shape index (κ2) is 12.2. The van der Waals surface area contributed by atoms with Crippen LogP contribution in [0, 0.1) is 17.1 Å². The van der Waals surface area contributed by atoms with E-state index in [1.165, 1.54) is 35.7 Å². The Morgan fingerprint density at radius 2 is 1.82 bits per heavy atom. The van der Waals surface area contributed by atoms with Crippen molar-refractivity contribution in [2.24, 2.45) is 5.10 Å². The highest BCUT2D eigenvalue weighted by Gasteiger charge is 2.25. The minimum Gasteiger partial charge on any atom is -0.465 e. The van der Waals surface area contributed by atoms with Gasteiger partial charge in [0.05, 0.1) is 20.8 Å². The molecule has 0 unspecified atom stereocenters. The maximum atomic E-state index is 13.5. The molecule has 0 saturated heterocycles. The normalized spacial score (nSPS) is 12.8. The monoisotopic (exact) mass is 603 g/mol. The van der Waals surface area contributed by atoms with Gasteiger partial charge in [-0.3, -0.25) is 20.3 Å². The van der Waals surface area contributed by atoms with Gasteiger partial charge in [0.1, 0.15) is 17.6 Å². The molecule has 0 atom stereocenters. The number of hydrogen-bond acceptors (Lipinski definition) is 7. The van der Waals surface area contributed by atoms with E-state index in [2.05, 4.69) is 10.5 Å². The van der Waals surface area contributed by atoms with Crippen LogP contribution >= 0.6 is 34.8 Å². The van der Waals surface area contributed by atoms with Crippen LogP contribution in [0.2, 0.25) is 15.1 Å². The van der Waals surface area contributed by atoms with Crippen LogP contribution in [0.1, 0.15) is 21.5 Å². The molecule has 0 radical (unpaired) electrons. The van der Waals surface area contributed by atoms with Gasteiger partial charge < -0.3 is 14.7 Å². The summed E-state index contributed by atoms with van der Waals surface area (Å²) in [5, 5.41) is 22.8. The number of rotatable bonds is 7. The van der Waals surface area contributed by atoms with E-state index in [1.54, 1.807) is 29.2 Å². The summed E-state index contributed by atoms with van der Waals surface area (Å²) in [6.07, 6.45) is -1.09. The number of benzene rings is 3. The predicted octanol–water partition coefficient (Wildman–Crippen LogP) is 5.86. The Labute approximate surface area is 241 Å². The number of anilines is 1. The van der Waals surface area contributed by atoms with Gasteiger partial charge in [-0.05, 0) is 60.0 Å². The van der Waals surface area contributed by atoms with E-state index in [4.69, 9.17) is 49.9 Å². The molecule has 1 aliphatic heterocycles. The molecule has 3 amide bonds. The van der Waals surface area contributed by atoms with Gasteiger partial charge in [0.2, 0.25) is 5.71 Å². The summed E-state index contributed by atoms with van der Waals surface area (Å²) < 4.78 is 19.4. The highest BCUT2D eigenvalue weighted by molar-refractivity contribution is 6.46. The molecule has 1 aliphatic rings. The van der Waals surface area contributed by atoms with Crippen LogP contribution in [0.5, 0.6) is 11.5 Å². The van der Waals surface area contributed by atoms with Gasteiger partial charge in [-0.25, -0.2) is 9.18 Å². The molecule has 0 bridgehead atoms. The summed E-state index contributed by atoms with van der Waals surface area (Å²) in [5.74, 6) is -1.44. The molecule has 10 nitrogen and oxygen atoms in total. The van der Waals surface area contributed by atoms with Crippen molar-refractivity contribution < 1.29 is 28.6 Å². The van der Waals surface area contributed by atoms with Crippen molar-refractivity contribution >= 4 is 64.1 Å². The molecular formula is C26H17Cl3FN5O5. The molecular weight excluding hydrogens is 588 g/mol. The largest absolute Gasteiger partial charge is 0.465 e. The zero-order valence-corrected chi connectivity index (χ0v) is 22.4. The lowest BCUT2D eigenvalue weighted by molar-refractivity contribution is -0.114. The van der Waals surface area contributed by atoms with Crippen LogP contribution in [0.3, 0.4) is 0 Å². The van der Waals surface area contributed by atoms with Gasteiger partial charge in [-0.2, -0.15) is 10.4 Å². The Balaban J connectivity index is 1.47. The van der Waals surface area contributed by atoms with E-state index >= 15 is 0 Å². The van der Waals surface area contributed by atoms with Crippen molar-refractivity contribution in [2.45, 2.75) is 13.0 Å². The number of nitrogens with one attached hydrogen (secondary N) is 2. The number of amides is 3. The second-order valence-corrected chi connectivity index (χ2v) is 9.58. The zero-order chi connectivity index (χ0) is 29.0. The summed E-state index contributed by atoms with van der Waals surface area (Å²) in [4.78, 5) is 36.9. The van der Waals surface area contributed by atoms with Crippen LogP contribution in [0.15, 0.2) is 53.6 Å². The number of ether oxygens (including phenoxy) is 1. The van der Waals surface area contributed by atoms with Gasteiger partial charge in [0.25, 0.3) is 11.8 Å². The lowest BCUT2D eigenvalue weighted by Crippen LogP contribution is -2.37. The van der Waals surface area contributed by atoms with E-state index in [0.717, 1.165) is 5.56 Å². The minimum atomic E-state index is -1.64. The average Bonchev–Trinajstić information content (AvgIpc) is 2.90. The third-order valence-corrected chi connectivity index (χ3v) is 6.51. The summed E-state index contributed by atoms with van der Waals surface area (Å²) in [7, 11) is 0. The van der Waals surface area contributed by atoms with Crippen molar-refractivity contribution in [3.8, 4) is 17.6 Å². The molecule has 3 aromatic rings. The van der Waals surface area contributed by atoms with Crippen molar-refractivity contribution in [1.29, 1.82) is 5.26 Å². The molecule has 4 rings (SSSR count). The molecule has 3 N–H and O–H groups in total. The number of halogens is 4. The summed E-state index contributed by atoms with van der Waals surface area (Å²) in [5.41, 5.74) is 3.85. The zero-order valence-electron chi connectivity index (χ0n) is 20.2. The number of carbonyl (C=O) groups is 3. The van der Waals surface area contributed by atoms with Crippen molar-refractivity contribution in [3.63, 3.8) is 0 Å². The number of nitrogens with zero attached hydrogens (tertiary/aromatic N) is 3. The SMILES string of the molecule is N#CC(=NNc1cc(Cl)c(Oc2ccc3c(c2)CCN(Cc2ccc(F)c(Cl)c2)C3=O)c(Cl)c1)C(=O)NC(=O)O. The lowest BCUT2D eigenvalue weighted by Gasteiger charge is -2.29. The van der Waals surface area contributed by atoms with Gasteiger partial charge in [0.15, 0.2) is 5.75 Å². The first-order valence-corrected chi connectivity index (χ1v) is 12.5. The summed E-state index contributed by atoms with van der Waals surface area (Å²) in [6, 6.07) is 13.5. The molecule has 0 saturated carbocycles. The van der Waals surface area contributed by atoms with Crippen LogP contribution in [0.4, 0.5) is 14.9 Å². The number of fused-ring (bicyclic) bond motifs is 1. The Morgan fingerprint density at radius 1 is 1.10 bits per heavy atom. The standard InChI is InChI=1S/C26H17Cl3FN5O5/c27-18-7-13(1-4-21(18)30)12-35-6-5-14-8-16(2-3-17(14)25(35)37)40-23-19(28)9-15(10-20(23)29)33-34-22(11-31)24(36)32-26(38)39/h1-4,7-10,33H,5-6,12H2,(H,32,36)(H,38,39). The van der Waals surface area contributed by atoms with Gasteiger partial charge in [-0.15, -0.1) is 0 Å². The maximum absolute atomic E-state index is 13.5. The van der Waals surface area contributed by atoms with E-state index in [-0.39, 0.29) is 39.0 Å². The van der Waals surface area contributed by atoms with E-state index in [1.807, 2.05) is 0 Å². The Bertz CT molecular complexity index is 1590. The van der Waals surface area contributed by atoms with Crippen LogP contribution in [0.25, 0.3) is 0 Å². The summed E-state index contributed by atoms with van der Waals surface area (Å²) in [6.45, 7) is 0.716. The quantitative estimate of drug-likeness (QED) is 0.226. The van der Waals surface area contributed by atoms with Crippen LogP contribution < -0.4 is 15.5 Å². The lowest BCUT2D eigenvalue weighted by atomic mass is 9.98. The molecule has 0 fully saturated rings. The average molecular weight is 605 g/mol. The highest BCUT2D eigenvalue weighted by Crippen LogP contribution is 2.39. The summed E-state index contributed by atoms with van der Waals surface area (Å²) >= 11 is 18.5. The molecule has 14 heteroatoms. The van der Waals surface area contributed by atoms with Crippen LogP contribution in [-0.2, 0) is 17.8 Å². The maximum Gasteiger partial charge on any atom is 0.411 e. The molecule has 0 aromatic heterocycles. The fraction of sp³-hybridized carbons (Fsp3) is 0.115. The Kier molecular flexibility index (Phi) is 8.74. The van der Waals surface area contributed by atoms with Gasteiger partial charge in [0, 0.05) is 18.7 Å². The topological polar surface area (TPSA) is 144 Å². The first kappa shape index (κ1) is 28.6. The van der Waals surface area contributed by atoms with E-state index in [0.29, 0.717) is 29.8 Å². The van der Waals surface area contributed by atoms with Crippen molar-refractivity contribution in [3.05, 3.63) is 86.1 Å². The third kappa shape index (κ3) is 6.60. The first-order valence-electron chi connectivity index (χ1n) is 11.4. The molecule has 3 aromatic carbocycles. The third-order valence-electron chi connectivity index (χ3n) is 5.66. The second-order valence-electron chi connectivity index (χ2n) is 8.36. The van der Waals surface area contributed by atoms with Crippen molar-refractivity contribution in [2.75, 3.05) is 12.0 Å². The number of hydrazone groups is 1. The molecule has 40 heavy (non-hydrogen) atoms. The number of nitriles is 1. The first-order chi connectivity index (χ1) is 19.0. The minimum absolute atomic E-state index is 0.00642. The van der Waals surface area contributed by atoms with Crippen molar-refractivity contribution in [1.82, 2.24) is 10.2 Å². The van der Waals surface area contributed by atoms with Crippen LogP contribution in [-0.4, -0.2) is 40.2 Å². The van der Waals surface area contributed by atoms with Gasteiger partial charge in [-0.1, -0.05) is 40.9 Å². The van der Waals surface area contributed by atoms with E-state index < -0.39 is 23.5 Å². The highest BCUT2D eigenvalue weighted by atomic mass is 35.5. The number of carboxylic acid groups (broad SMARTS) is 1. The fourth-order valence-corrected chi connectivity index (χ4v) is 4.60. The molecule has 204 valence electrons. The van der Waals surface area contributed by atoms with Gasteiger partial charge >= 0.3 is 6.09 Å². The molecule has 0 spiro atoms. The Hall–Kier alpha value is -4.37.